The molecule has 2 rings (SSSR count). The molecule has 11 heteroatoms. The number of halogens is 2. The molecule has 0 spiro atoms. The van der Waals surface area contributed by atoms with Crippen molar-refractivity contribution < 1.29 is 20.1 Å². The molecule has 0 saturated carbocycles. The molecular formula is C16H15Cl2N3O6. The van der Waals surface area contributed by atoms with Crippen LogP contribution in [-0.4, -0.2) is 26.6 Å². The molecule has 0 amide bonds. The van der Waals surface area contributed by atoms with E-state index >= 15 is 0 Å². The third-order valence-corrected chi connectivity index (χ3v) is 4.37. The summed E-state index contributed by atoms with van der Waals surface area (Å²) in [7, 11) is 0. The molecule has 0 aliphatic carbocycles. The lowest BCUT2D eigenvalue weighted by molar-refractivity contribution is -0.392. The first-order chi connectivity index (χ1) is 12.6. The van der Waals surface area contributed by atoms with Gasteiger partial charge >= 0.3 is 5.69 Å². The fourth-order valence-corrected chi connectivity index (χ4v) is 3.14. The molecule has 144 valence electrons. The molecule has 2 aromatic rings. The summed E-state index contributed by atoms with van der Waals surface area (Å²) in [4.78, 5) is 21.2. The van der Waals surface area contributed by atoms with E-state index in [-0.39, 0.29) is 33.4 Å². The van der Waals surface area contributed by atoms with Gasteiger partial charge in [0.15, 0.2) is 5.69 Å². The highest BCUT2D eigenvalue weighted by Gasteiger charge is 2.30. The van der Waals surface area contributed by atoms with Crippen molar-refractivity contribution in [1.82, 2.24) is 0 Å². The van der Waals surface area contributed by atoms with E-state index in [0.717, 1.165) is 6.07 Å². The van der Waals surface area contributed by atoms with E-state index < -0.39 is 33.9 Å². The molecule has 9 nitrogen and oxygen atoms in total. The summed E-state index contributed by atoms with van der Waals surface area (Å²) < 4.78 is 0. The van der Waals surface area contributed by atoms with Gasteiger partial charge in [0.05, 0.1) is 22.6 Å². The number of nitro benzene ring substituents is 2. The third kappa shape index (κ3) is 4.64. The first kappa shape index (κ1) is 20.8. The van der Waals surface area contributed by atoms with Crippen molar-refractivity contribution in [2.24, 2.45) is 0 Å². The Bertz CT molecular complexity index is 886. The number of anilines is 1. The smallest absolute Gasteiger partial charge is 0.302 e. The number of nitrogens with one attached hydrogen (secondary N) is 1. The Hall–Kier alpha value is -2.46. The van der Waals surface area contributed by atoms with Gasteiger partial charge < -0.3 is 15.5 Å². The van der Waals surface area contributed by atoms with Crippen LogP contribution >= 0.6 is 23.2 Å². The normalized spacial score (nSPS) is 11.9. The predicted octanol–water partition coefficient (Wildman–Crippen LogP) is 3.76. The van der Waals surface area contributed by atoms with Gasteiger partial charge in [0, 0.05) is 28.2 Å². The summed E-state index contributed by atoms with van der Waals surface area (Å²) in [5.41, 5.74) is -0.963. The van der Waals surface area contributed by atoms with Gasteiger partial charge in [-0.15, -0.1) is 0 Å². The zero-order chi connectivity index (χ0) is 20.3. The molecular weight excluding hydrogens is 401 g/mol. The summed E-state index contributed by atoms with van der Waals surface area (Å²) in [6, 6.07) is 5.46. The van der Waals surface area contributed by atoms with Crippen LogP contribution in [0.4, 0.5) is 17.1 Å². The van der Waals surface area contributed by atoms with Crippen LogP contribution in [0.2, 0.25) is 10.0 Å². The van der Waals surface area contributed by atoms with Crippen LogP contribution in [0.5, 0.6) is 0 Å². The summed E-state index contributed by atoms with van der Waals surface area (Å²) in [5.74, 6) is 0. The summed E-state index contributed by atoms with van der Waals surface area (Å²) in [6.45, 7) is 0.527. The molecule has 0 heterocycles. The minimum atomic E-state index is -1.18. The van der Waals surface area contributed by atoms with Gasteiger partial charge in [0.1, 0.15) is 0 Å². The monoisotopic (exact) mass is 415 g/mol. The number of nitrogens with zero attached hydrogens (tertiary/aromatic N) is 2. The number of aliphatic hydroxyl groups excluding tert-OH is 2. The highest BCUT2D eigenvalue weighted by molar-refractivity contribution is 6.34. The van der Waals surface area contributed by atoms with Crippen LogP contribution in [0.1, 0.15) is 22.8 Å². The standard InChI is InChI=1S/C16H15Cl2N3O6/c1-8-10(7-22)4-13(20(24)25)15(16(8)21(26)27)19-6-14(23)9-2-11(17)5-12(18)3-9/h2-5,14,19,22-23H,6-7H2,1H3. The van der Waals surface area contributed by atoms with Crippen molar-refractivity contribution in [2.45, 2.75) is 19.6 Å². The highest BCUT2D eigenvalue weighted by Crippen LogP contribution is 2.39. The van der Waals surface area contributed by atoms with Gasteiger partial charge in [-0.1, -0.05) is 23.2 Å². The third-order valence-electron chi connectivity index (χ3n) is 3.93. The van der Waals surface area contributed by atoms with E-state index in [9.17, 15) is 30.4 Å². The molecule has 0 radical (unpaired) electrons. The zero-order valence-corrected chi connectivity index (χ0v) is 15.5. The van der Waals surface area contributed by atoms with E-state index in [0.29, 0.717) is 5.56 Å². The van der Waals surface area contributed by atoms with E-state index in [1.165, 1.54) is 25.1 Å². The van der Waals surface area contributed by atoms with Gasteiger partial charge in [-0.05, 0) is 36.2 Å². The minimum absolute atomic E-state index is 0.0705. The maximum Gasteiger partial charge on any atom is 0.302 e. The zero-order valence-electron chi connectivity index (χ0n) is 14.0. The molecule has 2 aromatic carbocycles. The van der Waals surface area contributed by atoms with E-state index in [1.807, 2.05) is 0 Å². The topological polar surface area (TPSA) is 139 Å². The minimum Gasteiger partial charge on any atom is -0.392 e. The van der Waals surface area contributed by atoms with Crippen molar-refractivity contribution in [1.29, 1.82) is 0 Å². The van der Waals surface area contributed by atoms with Gasteiger partial charge in [-0.25, -0.2) is 0 Å². The number of aliphatic hydroxyl groups is 2. The Morgan fingerprint density at radius 2 is 1.70 bits per heavy atom. The molecule has 27 heavy (non-hydrogen) atoms. The maximum atomic E-state index is 11.5. The number of benzene rings is 2. The molecule has 0 bridgehead atoms. The van der Waals surface area contributed by atoms with Crippen molar-refractivity contribution in [3.8, 4) is 0 Å². The number of rotatable bonds is 7. The molecule has 0 saturated heterocycles. The van der Waals surface area contributed by atoms with Gasteiger partial charge in [-0.3, -0.25) is 20.2 Å². The summed E-state index contributed by atoms with van der Waals surface area (Å²) in [5, 5.41) is 45.6. The lowest BCUT2D eigenvalue weighted by Crippen LogP contribution is -2.15. The first-order valence-corrected chi connectivity index (χ1v) is 8.35. The first-order valence-electron chi connectivity index (χ1n) is 7.59. The Kier molecular flexibility index (Phi) is 6.55. The van der Waals surface area contributed by atoms with Crippen LogP contribution in [0.3, 0.4) is 0 Å². The Labute approximate surface area is 163 Å². The second-order valence-corrected chi connectivity index (χ2v) is 6.55. The molecule has 1 atom stereocenters. The van der Waals surface area contributed by atoms with Crippen LogP contribution in [0.15, 0.2) is 24.3 Å². The fraction of sp³-hybridized carbons (Fsp3) is 0.250. The molecule has 0 aliphatic rings. The Balaban J connectivity index is 2.43. The fourth-order valence-electron chi connectivity index (χ4n) is 2.60. The summed E-state index contributed by atoms with van der Waals surface area (Å²) in [6.07, 6.45) is -1.18. The summed E-state index contributed by atoms with van der Waals surface area (Å²) >= 11 is 11.8. The molecule has 3 N–H and O–H groups in total. The second-order valence-electron chi connectivity index (χ2n) is 5.68. The van der Waals surface area contributed by atoms with Crippen LogP contribution < -0.4 is 5.32 Å². The molecule has 0 aliphatic heterocycles. The van der Waals surface area contributed by atoms with Crippen molar-refractivity contribution >= 4 is 40.3 Å². The number of hydrogen-bond donors (Lipinski definition) is 3. The average molecular weight is 416 g/mol. The van der Waals surface area contributed by atoms with E-state index in [4.69, 9.17) is 23.2 Å². The van der Waals surface area contributed by atoms with Crippen LogP contribution in [-0.2, 0) is 6.61 Å². The lowest BCUT2D eigenvalue weighted by atomic mass is 10.0. The van der Waals surface area contributed by atoms with Crippen LogP contribution in [0.25, 0.3) is 0 Å². The van der Waals surface area contributed by atoms with Gasteiger partial charge in [0.25, 0.3) is 5.69 Å². The number of nitro groups is 2. The highest BCUT2D eigenvalue weighted by atomic mass is 35.5. The number of hydrogen-bond acceptors (Lipinski definition) is 7. The Morgan fingerprint density at radius 3 is 2.19 bits per heavy atom. The van der Waals surface area contributed by atoms with Crippen molar-refractivity contribution in [3.63, 3.8) is 0 Å². The van der Waals surface area contributed by atoms with Crippen molar-refractivity contribution in [2.75, 3.05) is 11.9 Å². The largest absolute Gasteiger partial charge is 0.392 e. The van der Waals surface area contributed by atoms with Crippen molar-refractivity contribution in [3.05, 3.63) is 71.2 Å². The average Bonchev–Trinajstić information content (AvgIpc) is 2.57. The Morgan fingerprint density at radius 1 is 1.11 bits per heavy atom. The SMILES string of the molecule is Cc1c(CO)cc([N+](=O)[O-])c(NCC(O)c2cc(Cl)cc(Cl)c2)c1[N+](=O)[O-]. The molecule has 0 fully saturated rings. The van der Waals surface area contributed by atoms with Gasteiger partial charge in [-0.2, -0.15) is 0 Å². The predicted molar refractivity (Wildman–Crippen MR) is 100 cm³/mol. The lowest BCUT2D eigenvalue weighted by Gasteiger charge is -2.15. The molecule has 0 aromatic heterocycles. The van der Waals surface area contributed by atoms with E-state index in [1.54, 1.807) is 0 Å². The van der Waals surface area contributed by atoms with E-state index in [2.05, 4.69) is 5.32 Å². The quantitative estimate of drug-likeness (QED) is 0.461. The van der Waals surface area contributed by atoms with Gasteiger partial charge in [0.2, 0.25) is 0 Å². The van der Waals surface area contributed by atoms with Crippen LogP contribution in [0, 0.1) is 27.2 Å². The second kappa shape index (κ2) is 8.49. The molecule has 1 unspecified atom stereocenters. The maximum absolute atomic E-state index is 11.5.